The Balaban J connectivity index is 1.18. The van der Waals surface area contributed by atoms with E-state index in [-0.39, 0.29) is 11.9 Å². The van der Waals surface area contributed by atoms with Gasteiger partial charge in [-0.2, -0.15) is 8.75 Å². The summed E-state index contributed by atoms with van der Waals surface area (Å²) in [6, 6.07) is 15.2. The molecular formula is C19H16N6O2S. The number of carbonyl (C=O) groups excluding carboxylic acids is 1. The van der Waals surface area contributed by atoms with Gasteiger partial charge in [-0.25, -0.2) is 4.68 Å². The molecule has 0 aliphatic carbocycles. The van der Waals surface area contributed by atoms with Crippen molar-refractivity contribution in [1.82, 2.24) is 28.6 Å². The number of hydrogen-bond acceptors (Lipinski definition) is 7. The summed E-state index contributed by atoms with van der Waals surface area (Å²) < 4.78 is 15.9. The topological polar surface area (TPSA) is 86.0 Å². The molecule has 9 heteroatoms. The largest absolute Gasteiger partial charge is 0.487 e. The Morgan fingerprint density at radius 1 is 1.11 bits per heavy atom. The van der Waals surface area contributed by atoms with E-state index in [1.807, 2.05) is 42.6 Å². The van der Waals surface area contributed by atoms with Gasteiger partial charge >= 0.3 is 0 Å². The fourth-order valence-electron chi connectivity index (χ4n) is 3.12. The van der Waals surface area contributed by atoms with Crippen molar-refractivity contribution in [3.63, 3.8) is 0 Å². The monoisotopic (exact) mass is 392 g/mol. The third-order valence-corrected chi connectivity index (χ3v) is 5.27. The fraction of sp³-hybridized carbons (Fsp3) is 0.211. The van der Waals surface area contributed by atoms with E-state index in [0.29, 0.717) is 25.3 Å². The maximum absolute atomic E-state index is 12.6. The summed E-state index contributed by atoms with van der Waals surface area (Å²) >= 11 is 1.15. The van der Waals surface area contributed by atoms with Crippen LogP contribution in [0.2, 0.25) is 0 Å². The van der Waals surface area contributed by atoms with Crippen LogP contribution in [0.5, 0.6) is 5.75 Å². The quantitative estimate of drug-likeness (QED) is 0.519. The van der Waals surface area contributed by atoms with Crippen LogP contribution < -0.4 is 4.74 Å². The smallest absolute Gasteiger partial charge is 0.254 e. The van der Waals surface area contributed by atoms with E-state index in [2.05, 4.69) is 19.1 Å². The third-order valence-electron chi connectivity index (χ3n) is 4.71. The number of nitrogens with zero attached hydrogens (tertiary/aromatic N) is 6. The van der Waals surface area contributed by atoms with E-state index in [1.54, 1.807) is 21.7 Å². The lowest BCUT2D eigenvalue weighted by Gasteiger charge is -2.38. The van der Waals surface area contributed by atoms with Crippen LogP contribution in [0.4, 0.5) is 0 Å². The van der Waals surface area contributed by atoms with Crippen molar-refractivity contribution in [2.24, 2.45) is 0 Å². The van der Waals surface area contributed by atoms with E-state index in [9.17, 15) is 4.79 Å². The number of amides is 1. The first-order valence-electron chi connectivity index (χ1n) is 8.86. The van der Waals surface area contributed by atoms with Crippen LogP contribution in [0.3, 0.4) is 0 Å². The molecule has 1 fully saturated rings. The molecule has 1 amide bonds. The highest BCUT2D eigenvalue weighted by Gasteiger charge is 2.33. The maximum Gasteiger partial charge on any atom is 0.254 e. The van der Waals surface area contributed by atoms with E-state index < -0.39 is 0 Å². The molecule has 0 atom stereocenters. The highest BCUT2D eigenvalue weighted by atomic mass is 32.1. The van der Waals surface area contributed by atoms with Crippen LogP contribution in [0.25, 0.3) is 11.0 Å². The van der Waals surface area contributed by atoms with Crippen molar-refractivity contribution in [3.05, 3.63) is 66.0 Å². The predicted molar refractivity (Wildman–Crippen MR) is 103 cm³/mol. The highest BCUT2D eigenvalue weighted by Crippen LogP contribution is 2.24. The predicted octanol–water partition coefficient (Wildman–Crippen LogP) is 2.56. The number of para-hydroxylation sites is 1. The number of aromatic nitrogens is 5. The molecule has 28 heavy (non-hydrogen) atoms. The second-order valence-corrected chi connectivity index (χ2v) is 7.15. The number of likely N-dealkylation sites (tertiary alicyclic amines) is 1. The maximum atomic E-state index is 12.6. The lowest BCUT2D eigenvalue weighted by molar-refractivity contribution is 0.0498. The summed E-state index contributed by atoms with van der Waals surface area (Å²) in [6.07, 6.45) is 1.88. The summed E-state index contributed by atoms with van der Waals surface area (Å²) in [6.45, 7) is 1.57. The molecule has 1 aliphatic heterocycles. The third kappa shape index (κ3) is 3.20. The highest BCUT2D eigenvalue weighted by molar-refractivity contribution is 7.00. The Hall–Kier alpha value is -3.33. The first-order chi connectivity index (χ1) is 13.8. The normalized spacial score (nSPS) is 14.2. The van der Waals surface area contributed by atoms with Gasteiger partial charge in [0.15, 0.2) is 0 Å². The van der Waals surface area contributed by atoms with Crippen LogP contribution in [0.15, 0.2) is 54.7 Å². The fourth-order valence-corrected chi connectivity index (χ4v) is 3.64. The van der Waals surface area contributed by atoms with E-state index in [0.717, 1.165) is 34.2 Å². The molecule has 0 saturated carbocycles. The molecule has 0 N–H and O–H groups in total. The van der Waals surface area contributed by atoms with Crippen molar-refractivity contribution >= 4 is 28.7 Å². The van der Waals surface area contributed by atoms with Gasteiger partial charge in [0.05, 0.1) is 24.0 Å². The number of carbonyl (C=O) groups is 1. The van der Waals surface area contributed by atoms with Gasteiger partial charge in [-0.15, -0.1) is 5.10 Å². The van der Waals surface area contributed by atoms with Crippen LogP contribution in [-0.4, -0.2) is 47.6 Å². The molecule has 0 spiro atoms. The molecule has 5 rings (SSSR count). The SMILES string of the molecule is O=C(c1ccc2nsnc2c1)N1CC(n2cc(COc3ccccc3)nn2)C1. The minimum absolute atomic E-state index is 0.00102. The van der Waals surface area contributed by atoms with Crippen molar-refractivity contribution < 1.29 is 9.53 Å². The lowest BCUT2D eigenvalue weighted by atomic mass is 10.1. The Labute approximate surface area is 164 Å². The van der Waals surface area contributed by atoms with Crippen LogP contribution in [-0.2, 0) is 6.61 Å². The minimum atomic E-state index is -0.00102. The van der Waals surface area contributed by atoms with Crippen LogP contribution in [0, 0.1) is 0 Å². The summed E-state index contributed by atoms with van der Waals surface area (Å²) in [5.41, 5.74) is 2.97. The molecule has 2 aromatic heterocycles. The van der Waals surface area contributed by atoms with Gasteiger partial charge in [0.1, 0.15) is 29.1 Å². The number of rotatable bonds is 5. The summed E-state index contributed by atoms with van der Waals surface area (Å²) in [5.74, 6) is 0.795. The Morgan fingerprint density at radius 3 is 2.79 bits per heavy atom. The van der Waals surface area contributed by atoms with Gasteiger partial charge in [-0.1, -0.05) is 23.4 Å². The molecule has 1 saturated heterocycles. The molecule has 0 unspecified atom stereocenters. The summed E-state index contributed by atoms with van der Waals surface area (Å²) in [4.78, 5) is 14.4. The zero-order chi connectivity index (χ0) is 18.9. The van der Waals surface area contributed by atoms with Gasteiger partial charge in [0.25, 0.3) is 5.91 Å². The van der Waals surface area contributed by atoms with E-state index in [1.165, 1.54) is 0 Å². The molecular weight excluding hydrogens is 376 g/mol. The average Bonchev–Trinajstić information content (AvgIpc) is 3.35. The van der Waals surface area contributed by atoms with Crippen LogP contribution in [0.1, 0.15) is 22.1 Å². The van der Waals surface area contributed by atoms with Crippen molar-refractivity contribution in [2.75, 3.05) is 13.1 Å². The Bertz CT molecular complexity index is 1120. The van der Waals surface area contributed by atoms with Crippen LogP contribution >= 0.6 is 11.7 Å². The summed E-state index contributed by atoms with van der Waals surface area (Å²) in [7, 11) is 0. The molecule has 1 aliphatic rings. The molecule has 0 radical (unpaired) electrons. The minimum Gasteiger partial charge on any atom is -0.487 e. The van der Waals surface area contributed by atoms with Crippen molar-refractivity contribution in [2.45, 2.75) is 12.6 Å². The van der Waals surface area contributed by atoms with Gasteiger partial charge in [0, 0.05) is 18.7 Å². The van der Waals surface area contributed by atoms with Crippen molar-refractivity contribution in [1.29, 1.82) is 0 Å². The van der Waals surface area contributed by atoms with Gasteiger partial charge in [-0.05, 0) is 30.3 Å². The van der Waals surface area contributed by atoms with E-state index >= 15 is 0 Å². The average molecular weight is 392 g/mol. The zero-order valence-corrected chi connectivity index (χ0v) is 15.6. The van der Waals surface area contributed by atoms with Gasteiger partial charge < -0.3 is 9.64 Å². The molecule has 4 aromatic rings. The molecule has 2 aromatic carbocycles. The number of ether oxygens (including phenoxy) is 1. The number of fused-ring (bicyclic) bond motifs is 1. The van der Waals surface area contributed by atoms with Gasteiger partial charge in [-0.3, -0.25) is 4.79 Å². The summed E-state index contributed by atoms with van der Waals surface area (Å²) in [5, 5.41) is 8.34. The number of hydrogen-bond donors (Lipinski definition) is 0. The molecule has 0 bridgehead atoms. The standard InChI is InChI=1S/C19H16N6O2S/c26-19(13-6-7-17-18(8-13)22-28-21-17)24-10-15(11-24)25-9-14(20-23-25)12-27-16-4-2-1-3-5-16/h1-9,15H,10-12H2. The zero-order valence-electron chi connectivity index (χ0n) is 14.8. The Kier molecular flexibility index (Phi) is 4.21. The Morgan fingerprint density at radius 2 is 1.93 bits per heavy atom. The molecule has 3 heterocycles. The second-order valence-electron chi connectivity index (χ2n) is 6.62. The first-order valence-corrected chi connectivity index (χ1v) is 9.59. The first kappa shape index (κ1) is 16.8. The number of benzene rings is 2. The second kappa shape index (κ2) is 7.01. The molecule has 140 valence electrons. The van der Waals surface area contributed by atoms with Gasteiger partial charge in [0.2, 0.25) is 0 Å². The van der Waals surface area contributed by atoms with E-state index in [4.69, 9.17) is 4.74 Å². The lowest BCUT2D eigenvalue weighted by Crippen LogP contribution is -2.50. The molecule has 8 nitrogen and oxygen atoms in total. The van der Waals surface area contributed by atoms with Crippen molar-refractivity contribution in [3.8, 4) is 5.75 Å².